The van der Waals surface area contributed by atoms with Crippen LogP contribution in [0.25, 0.3) is 0 Å². The van der Waals surface area contributed by atoms with Crippen molar-refractivity contribution in [3.8, 4) is 5.75 Å². The molecule has 23 heavy (non-hydrogen) atoms. The maximum atomic E-state index is 11.7. The lowest BCUT2D eigenvalue weighted by Crippen LogP contribution is -2.21. The van der Waals surface area contributed by atoms with Gasteiger partial charge >= 0.3 is 5.97 Å². The molecule has 1 aromatic heterocycles. The topological polar surface area (TPSA) is 134 Å². The average molecular weight is 316 g/mol. The van der Waals surface area contributed by atoms with Gasteiger partial charge < -0.3 is 9.84 Å². The molecule has 2 rings (SSSR count). The van der Waals surface area contributed by atoms with Crippen molar-refractivity contribution in [3.63, 3.8) is 0 Å². The third kappa shape index (κ3) is 4.77. The number of hydrogen-bond acceptors (Lipinski definition) is 6. The van der Waals surface area contributed by atoms with Gasteiger partial charge in [-0.1, -0.05) is 12.1 Å². The third-order valence-corrected chi connectivity index (χ3v) is 2.55. The molecular weight excluding hydrogens is 304 g/mol. The van der Waals surface area contributed by atoms with Crippen LogP contribution in [-0.4, -0.2) is 40.0 Å². The Kier molecular flexibility index (Phi) is 5.18. The minimum atomic E-state index is -1.10. The monoisotopic (exact) mass is 316 g/mol. The van der Waals surface area contributed by atoms with Gasteiger partial charge in [-0.25, -0.2) is 15.3 Å². The van der Waals surface area contributed by atoms with Crippen molar-refractivity contribution in [2.24, 2.45) is 5.10 Å². The maximum absolute atomic E-state index is 11.7. The molecule has 2 aromatic rings. The van der Waals surface area contributed by atoms with Crippen LogP contribution < -0.4 is 15.7 Å². The van der Waals surface area contributed by atoms with Crippen LogP contribution in [0.4, 0.5) is 0 Å². The minimum absolute atomic E-state index is 0.00263. The summed E-state index contributed by atoms with van der Waals surface area (Å²) >= 11 is 0. The number of carbonyl (C=O) groups is 2. The van der Waals surface area contributed by atoms with E-state index in [9.17, 15) is 14.4 Å². The van der Waals surface area contributed by atoms with Crippen molar-refractivity contribution in [1.82, 2.24) is 15.6 Å². The standard InChI is InChI=1S/C14H12N4O5/c19-12-6-5-10(16-17-12)14(22)18-15-7-9-3-1-2-4-11(9)23-8-13(20)21/h1-7H,8H2,(H,17,19)(H,18,22)(H,20,21). The summed E-state index contributed by atoms with van der Waals surface area (Å²) in [5.41, 5.74) is 2.30. The Morgan fingerprint density at radius 1 is 1.30 bits per heavy atom. The molecule has 0 aliphatic carbocycles. The van der Waals surface area contributed by atoms with Crippen molar-refractivity contribution in [2.75, 3.05) is 6.61 Å². The second-order valence-corrected chi connectivity index (χ2v) is 4.23. The fraction of sp³-hybridized carbons (Fsp3) is 0.0714. The van der Waals surface area contributed by atoms with Crippen LogP contribution in [0.3, 0.4) is 0 Å². The van der Waals surface area contributed by atoms with Crippen molar-refractivity contribution < 1.29 is 19.4 Å². The van der Waals surface area contributed by atoms with E-state index in [4.69, 9.17) is 9.84 Å². The summed E-state index contributed by atoms with van der Waals surface area (Å²) in [5, 5.41) is 18.0. The zero-order valence-electron chi connectivity index (χ0n) is 11.7. The van der Waals surface area contributed by atoms with E-state index in [1.54, 1.807) is 24.3 Å². The Morgan fingerprint density at radius 3 is 2.78 bits per heavy atom. The Hall–Kier alpha value is -3.49. The molecule has 0 fully saturated rings. The van der Waals surface area contributed by atoms with Gasteiger partial charge in [-0.3, -0.25) is 9.59 Å². The summed E-state index contributed by atoms with van der Waals surface area (Å²) in [6.45, 7) is -0.488. The summed E-state index contributed by atoms with van der Waals surface area (Å²) in [6, 6.07) is 9.03. The molecule has 0 spiro atoms. The average Bonchev–Trinajstić information content (AvgIpc) is 2.54. The zero-order valence-corrected chi connectivity index (χ0v) is 11.7. The lowest BCUT2D eigenvalue weighted by atomic mass is 10.2. The number of aliphatic carboxylic acids is 1. The number of carbonyl (C=O) groups excluding carboxylic acids is 1. The number of amides is 1. The molecule has 1 amide bonds. The van der Waals surface area contributed by atoms with Gasteiger partial charge in [-0.2, -0.15) is 10.2 Å². The lowest BCUT2D eigenvalue weighted by Gasteiger charge is -2.06. The van der Waals surface area contributed by atoms with Crippen LogP contribution in [-0.2, 0) is 4.79 Å². The summed E-state index contributed by atoms with van der Waals surface area (Å²) < 4.78 is 5.10. The molecule has 0 aliphatic heterocycles. The molecule has 0 unspecified atom stereocenters. The van der Waals surface area contributed by atoms with E-state index in [0.717, 1.165) is 0 Å². The summed E-state index contributed by atoms with van der Waals surface area (Å²) in [6.07, 6.45) is 1.31. The zero-order chi connectivity index (χ0) is 16.7. The van der Waals surface area contributed by atoms with Crippen LogP contribution in [0.15, 0.2) is 46.3 Å². The molecule has 9 heteroatoms. The molecule has 0 bridgehead atoms. The number of rotatable bonds is 6. The van der Waals surface area contributed by atoms with E-state index in [2.05, 4.69) is 20.7 Å². The number of carboxylic acid groups (broad SMARTS) is 1. The smallest absolute Gasteiger partial charge is 0.341 e. The van der Waals surface area contributed by atoms with E-state index < -0.39 is 24.0 Å². The highest BCUT2D eigenvalue weighted by molar-refractivity contribution is 5.93. The second-order valence-electron chi connectivity index (χ2n) is 4.23. The Labute approximate surface area is 129 Å². The van der Waals surface area contributed by atoms with Crippen molar-refractivity contribution in [1.29, 1.82) is 0 Å². The number of hydrazone groups is 1. The van der Waals surface area contributed by atoms with Crippen molar-refractivity contribution in [3.05, 3.63) is 58.0 Å². The number of H-pyrrole nitrogens is 1. The highest BCUT2D eigenvalue weighted by Gasteiger charge is 2.06. The number of ether oxygens (including phenoxy) is 1. The highest BCUT2D eigenvalue weighted by atomic mass is 16.5. The number of hydrogen-bond donors (Lipinski definition) is 3. The van der Waals surface area contributed by atoms with Gasteiger partial charge in [0.2, 0.25) is 0 Å². The third-order valence-electron chi connectivity index (χ3n) is 2.55. The van der Waals surface area contributed by atoms with E-state index in [1.165, 1.54) is 18.3 Å². The van der Waals surface area contributed by atoms with Crippen LogP contribution in [0, 0.1) is 0 Å². The fourth-order valence-corrected chi connectivity index (χ4v) is 1.55. The minimum Gasteiger partial charge on any atom is -0.481 e. The van der Waals surface area contributed by atoms with Gasteiger partial charge in [0, 0.05) is 11.6 Å². The first-order valence-electron chi connectivity index (χ1n) is 6.39. The maximum Gasteiger partial charge on any atom is 0.341 e. The van der Waals surface area contributed by atoms with Crippen molar-refractivity contribution >= 4 is 18.1 Å². The van der Waals surface area contributed by atoms with Gasteiger partial charge in [0.25, 0.3) is 11.5 Å². The number of aromatic nitrogens is 2. The van der Waals surface area contributed by atoms with E-state index in [0.29, 0.717) is 11.3 Å². The molecule has 0 saturated carbocycles. The van der Waals surface area contributed by atoms with Crippen LogP contribution in [0.1, 0.15) is 16.1 Å². The Morgan fingerprint density at radius 2 is 2.09 bits per heavy atom. The Bertz CT molecular complexity index is 779. The Balaban J connectivity index is 2.02. The van der Waals surface area contributed by atoms with Gasteiger partial charge in [0.15, 0.2) is 12.3 Å². The largest absolute Gasteiger partial charge is 0.481 e. The number of carboxylic acids is 1. The second kappa shape index (κ2) is 7.50. The van der Waals surface area contributed by atoms with Gasteiger partial charge in [0.1, 0.15) is 5.75 Å². The van der Waals surface area contributed by atoms with E-state index in [1.807, 2.05) is 0 Å². The lowest BCUT2D eigenvalue weighted by molar-refractivity contribution is -0.139. The molecule has 1 aromatic carbocycles. The first kappa shape index (κ1) is 15.9. The normalized spacial score (nSPS) is 10.4. The van der Waals surface area contributed by atoms with Gasteiger partial charge in [0.05, 0.1) is 6.21 Å². The molecule has 1 heterocycles. The summed E-state index contributed by atoms with van der Waals surface area (Å²) in [4.78, 5) is 33.1. The molecule has 0 saturated heterocycles. The van der Waals surface area contributed by atoms with E-state index >= 15 is 0 Å². The number of nitrogens with zero attached hydrogens (tertiary/aromatic N) is 2. The predicted octanol–water partition coefficient (Wildman–Crippen LogP) is -0.00280. The number of nitrogens with one attached hydrogen (secondary N) is 2. The SMILES string of the molecule is O=C(O)COc1ccccc1C=NNC(=O)c1ccc(=O)[nH]n1. The quantitative estimate of drug-likeness (QED) is 0.507. The van der Waals surface area contributed by atoms with Crippen molar-refractivity contribution in [2.45, 2.75) is 0 Å². The first-order valence-corrected chi connectivity index (χ1v) is 6.39. The highest BCUT2D eigenvalue weighted by Crippen LogP contribution is 2.15. The van der Waals surface area contributed by atoms with Crippen LogP contribution in [0.5, 0.6) is 5.75 Å². The molecule has 3 N–H and O–H groups in total. The summed E-state index contributed by atoms with van der Waals surface area (Å²) in [5.74, 6) is -1.40. The van der Waals surface area contributed by atoms with Gasteiger partial charge in [-0.15, -0.1) is 0 Å². The number of aromatic amines is 1. The molecule has 0 radical (unpaired) electrons. The van der Waals surface area contributed by atoms with E-state index in [-0.39, 0.29) is 5.69 Å². The fourth-order valence-electron chi connectivity index (χ4n) is 1.55. The number of para-hydroxylation sites is 1. The van der Waals surface area contributed by atoms with Gasteiger partial charge in [-0.05, 0) is 18.2 Å². The van der Waals surface area contributed by atoms with Crippen LogP contribution in [0.2, 0.25) is 0 Å². The number of benzene rings is 1. The molecule has 0 atom stereocenters. The molecule has 118 valence electrons. The predicted molar refractivity (Wildman–Crippen MR) is 79.5 cm³/mol. The molecule has 9 nitrogen and oxygen atoms in total. The molecular formula is C14H12N4O5. The van der Waals surface area contributed by atoms with Crippen LogP contribution >= 0.6 is 0 Å². The first-order chi connectivity index (χ1) is 11.1. The summed E-state index contributed by atoms with van der Waals surface area (Å²) in [7, 11) is 0. The molecule has 0 aliphatic rings.